The van der Waals surface area contributed by atoms with Crippen LogP contribution >= 0.6 is 0 Å². The highest BCUT2D eigenvalue weighted by atomic mass is 16.2. The maximum Gasteiger partial charge on any atom is 0.266 e. The van der Waals surface area contributed by atoms with Crippen LogP contribution in [0.4, 0.5) is 0 Å². The molecular weight excluding hydrogens is 386 g/mol. The van der Waals surface area contributed by atoms with Gasteiger partial charge in [-0.15, -0.1) is 0 Å². The molecule has 0 spiro atoms. The topological polar surface area (TPSA) is 64.0 Å². The zero-order valence-corrected chi connectivity index (χ0v) is 17.0. The number of nitrogens with one attached hydrogen (secondary N) is 1. The quantitative estimate of drug-likeness (QED) is 0.504. The predicted octanol–water partition coefficient (Wildman–Crippen LogP) is 3.86. The zero-order chi connectivity index (χ0) is 21.5. The summed E-state index contributed by atoms with van der Waals surface area (Å²) < 4.78 is 1.39. The molecule has 5 heteroatoms. The second-order valence-corrected chi connectivity index (χ2v) is 7.19. The van der Waals surface area contributed by atoms with E-state index in [0.717, 1.165) is 22.4 Å². The van der Waals surface area contributed by atoms with Gasteiger partial charge in [-0.05, 0) is 17.2 Å². The fourth-order valence-electron chi connectivity index (χ4n) is 3.55. The molecule has 0 saturated heterocycles. The number of carbonyl (C=O) groups excluding carboxylic acids is 1. The molecular formula is C26H23N3O2. The molecule has 4 rings (SSSR count). The van der Waals surface area contributed by atoms with E-state index >= 15 is 0 Å². The molecule has 0 saturated carbocycles. The van der Waals surface area contributed by atoms with E-state index in [4.69, 9.17) is 0 Å². The van der Waals surface area contributed by atoms with Crippen molar-refractivity contribution in [2.24, 2.45) is 0 Å². The SMILES string of the molecule is O=C(NCCn1nc(-c2ccccc2)ccc1=O)C(c1ccccc1)c1ccccc1. The summed E-state index contributed by atoms with van der Waals surface area (Å²) in [6.45, 7) is 0.599. The van der Waals surface area contributed by atoms with Crippen LogP contribution in [0.1, 0.15) is 17.0 Å². The van der Waals surface area contributed by atoms with Gasteiger partial charge in [0.05, 0.1) is 18.2 Å². The van der Waals surface area contributed by atoms with Gasteiger partial charge in [-0.2, -0.15) is 5.10 Å². The second kappa shape index (κ2) is 9.67. The van der Waals surface area contributed by atoms with Crippen LogP contribution in [-0.2, 0) is 11.3 Å². The Morgan fingerprint density at radius 3 is 1.90 bits per heavy atom. The smallest absolute Gasteiger partial charge is 0.266 e. The minimum Gasteiger partial charge on any atom is -0.353 e. The van der Waals surface area contributed by atoms with E-state index in [0.29, 0.717) is 13.1 Å². The number of carbonyl (C=O) groups is 1. The molecule has 1 aromatic heterocycles. The summed E-state index contributed by atoms with van der Waals surface area (Å²) in [5, 5.41) is 7.43. The van der Waals surface area contributed by atoms with Crippen LogP contribution in [-0.4, -0.2) is 22.2 Å². The zero-order valence-electron chi connectivity index (χ0n) is 17.0. The van der Waals surface area contributed by atoms with Crippen LogP contribution in [0, 0.1) is 0 Å². The molecule has 0 unspecified atom stereocenters. The van der Waals surface area contributed by atoms with Crippen LogP contribution < -0.4 is 10.9 Å². The van der Waals surface area contributed by atoms with Gasteiger partial charge in [0, 0.05) is 18.2 Å². The van der Waals surface area contributed by atoms with Crippen LogP contribution in [0.2, 0.25) is 0 Å². The van der Waals surface area contributed by atoms with E-state index in [1.807, 2.05) is 91.0 Å². The van der Waals surface area contributed by atoms with Gasteiger partial charge < -0.3 is 5.32 Å². The highest BCUT2D eigenvalue weighted by Gasteiger charge is 2.22. The highest BCUT2D eigenvalue weighted by Crippen LogP contribution is 2.24. The normalized spacial score (nSPS) is 10.7. The maximum absolute atomic E-state index is 13.1. The first-order chi connectivity index (χ1) is 15.2. The Morgan fingerprint density at radius 2 is 1.32 bits per heavy atom. The molecule has 0 aliphatic heterocycles. The van der Waals surface area contributed by atoms with Gasteiger partial charge in [-0.3, -0.25) is 9.59 Å². The molecule has 5 nitrogen and oxygen atoms in total. The summed E-state index contributed by atoms with van der Waals surface area (Å²) in [5.41, 5.74) is 3.31. The molecule has 0 fully saturated rings. The van der Waals surface area contributed by atoms with Gasteiger partial charge in [0.2, 0.25) is 5.91 Å². The molecule has 0 aliphatic rings. The highest BCUT2D eigenvalue weighted by molar-refractivity contribution is 5.87. The fraction of sp³-hybridized carbons (Fsp3) is 0.115. The average molecular weight is 409 g/mol. The Bertz CT molecular complexity index is 1150. The van der Waals surface area contributed by atoms with Gasteiger partial charge in [0.1, 0.15) is 0 Å². The number of benzene rings is 3. The van der Waals surface area contributed by atoms with E-state index in [-0.39, 0.29) is 11.5 Å². The minimum absolute atomic E-state index is 0.107. The molecule has 0 atom stereocenters. The number of hydrogen-bond acceptors (Lipinski definition) is 3. The first-order valence-corrected chi connectivity index (χ1v) is 10.2. The summed E-state index contributed by atoms with van der Waals surface area (Å²) in [6.07, 6.45) is 0. The van der Waals surface area contributed by atoms with E-state index < -0.39 is 5.92 Å². The lowest BCUT2D eigenvalue weighted by Crippen LogP contribution is -2.35. The number of hydrogen-bond donors (Lipinski definition) is 1. The minimum atomic E-state index is -0.414. The van der Waals surface area contributed by atoms with Crippen molar-refractivity contribution in [3.63, 3.8) is 0 Å². The Labute approximate surface area is 181 Å². The Morgan fingerprint density at radius 1 is 0.774 bits per heavy atom. The summed E-state index contributed by atoms with van der Waals surface area (Å²) in [5.74, 6) is -0.521. The van der Waals surface area contributed by atoms with Crippen molar-refractivity contribution in [3.05, 3.63) is 125 Å². The van der Waals surface area contributed by atoms with E-state index in [9.17, 15) is 9.59 Å². The number of nitrogens with zero attached hydrogens (tertiary/aromatic N) is 2. The van der Waals surface area contributed by atoms with Crippen LogP contribution in [0.3, 0.4) is 0 Å². The van der Waals surface area contributed by atoms with Gasteiger partial charge in [0.15, 0.2) is 0 Å². The van der Waals surface area contributed by atoms with E-state index in [1.54, 1.807) is 6.07 Å². The third-order valence-corrected chi connectivity index (χ3v) is 5.09. The van der Waals surface area contributed by atoms with Gasteiger partial charge in [-0.1, -0.05) is 91.0 Å². The van der Waals surface area contributed by atoms with Crippen molar-refractivity contribution in [1.29, 1.82) is 0 Å². The third kappa shape index (κ3) is 4.95. The van der Waals surface area contributed by atoms with Crippen molar-refractivity contribution in [3.8, 4) is 11.3 Å². The van der Waals surface area contributed by atoms with Gasteiger partial charge in [-0.25, -0.2) is 4.68 Å². The van der Waals surface area contributed by atoms with Crippen molar-refractivity contribution in [2.75, 3.05) is 6.54 Å². The molecule has 4 aromatic rings. The largest absolute Gasteiger partial charge is 0.353 e. The van der Waals surface area contributed by atoms with Crippen LogP contribution in [0.25, 0.3) is 11.3 Å². The summed E-state index contributed by atoms with van der Waals surface area (Å²) in [7, 11) is 0. The lowest BCUT2D eigenvalue weighted by molar-refractivity contribution is -0.121. The molecule has 154 valence electrons. The molecule has 31 heavy (non-hydrogen) atoms. The van der Waals surface area contributed by atoms with Crippen LogP contribution in [0.15, 0.2) is 108 Å². The lowest BCUT2D eigenvalue weighted by atomic mass is 9.90. The number of amides is 1. The number of aromatic nitrogens is 2. The van der Waals surface area contributed by atoms with Crippen molar-refractivity contribution in [2.45, 2.75) is 12.5 Å². The first kappa shape index (κ1) is 20.3. The molecule has 1 N–H and O–H groups in total. The summed E-state index contributed by atoms with van der Waals surface area (Å²) in [4.78, 5) is 25.3. The molecule has 0 aliphatic carbocycles. The van der Waals surface area contributed by atoms with Crippen LogP contribution in [0.5, 0.6) is 0 Å². The second-order valence-electron chi connectivity index (χ2n) is 7.19. The standard InChI is InChI=1S/C26H23N3O2/c30-24-17-16-23(20-10-4-1-5-11-20)28-29(24)19-18-27-26(31)25(21-12-6-2-7-13-21)22-14-8-3-9-15-22/h1-17,25H,18-19H2,(H,27,31). The Balaban J connectivity index is 1.48. The molecule has 3 aromatic carbocycles. The third-order valence-electron chi connectivity index (χ3n) is 5.09. The average Bonchev–Trinajstić information content (AvgIpc) is 2.82. The van der Waals surface area contributed by atoms with Gasteiger partial charge >= 0.3 is 0 Å². The Hall–Kier alpha value is -3.99. The number of rotatable bonds is 7. The van der Waals surface area contributed by atoms with Crippen molar-refractivity contribution >= 4 is 5.91 Å². The maximum atomic E-state index is 13.1. The summed E-state index contributed by atoms with van der Waals surface area (Å²) in [6, 6.07) is 32.3. The Kier molecular flexibility index (Phi) is 6.33. The monoisotopic (exact) mass is 409 g/mol. The molecule has 1 heterocycles. The predicted molar refractivity (Wildman–Crippen MR) is 122 cm³/mol. The van der Waals surface area contributed by atoms with Crippen molar-refractivity contribution in [1.82, 2.24) is 15.1 Å². The lowest BCUT2D eigenvalue weighted by Gasteiger charge is -2.18. The fourth-order valence-corrected chi connectivity index (χ4v) is 3.55. The van der Waals surface area contributed by atoms with E-state index in [2.05, 4.69) is 10.4 Å². The van der Waals surface area contributed by atoms with Crippen molar-refractivity contribution < 1.29 is 4.79 Å². The molecule has 1 amide bonds. The van der Waals surface area contributed by atoms with Gasteiger partial charge in [0.25, 0.3) is 5.56 Å². The first-order valence-electron chi connectivity index (χ1n) is 10.2. The molecule has 0 bridgehead atoms. The molecule has 0 radical (unpaired) electrons. The van der Waals surface area contributed by atoms with E-state index in [1.165, 1.54) is 10.7 Å². The summed E-state index contributed by atoms with van der Waals surface area (Å²) >= 11 is 0.